The number of nitrogens with one attached hydrogen (secondary N) is 2. The number of hydrogen-bond donors (Lipinski definition) is 2. The molecule has 2 aromatic heterocycles. The lowest BCUT2D eigenvalue weighted by atomic mass is 10.1. The van der Waals surface area contributed by atoms with E-state index in [0.717, 1.165) is 35.1 Å². The molecule has 1 aliphatic heterocycles. The van der Waals surface area contributed by atoms with Gasteiger partial charge in [-0.1, -0.05) is 6.07 Å². The van der Waals surface area contributed by atoms with E-state index in [2.05, 4.69) is 15.6 Å². The van der Waals surface area contributed by atoms with E-state index in [9.17, 15) is 9.59 Å². The highest BCUT2D eigenvalue weighted by Gasteiger charge is 2.22. The molecule has 0 atom stereocenters. The summed E-state index contributed by atoms with van der Waals surface area (Å²) in [5, 5.41) is 7.06. The van der Waals surface area contributed by atoms with E-state index >= 15 is 0 Å². The van der Waals surface area contributed by atoms with E-state index in [1.54, 1.807) is 24.3 Å². The first-order chi connectivity index (χ1) is 18.5. The van der Waals surface area contributed by atoms with Crippen molar-refractivity contribution < 1.29 is 14.3 Å². The van der Waals surface area contributed by atoms with Crippen molar-refractivity contribution in [2.75, 3.05) is 31.5 Å². The number of amides is 2. The summed E-state index contributed by atoms with van der Waals surface area (Å²) >= 11 is 11.9. The predicted molar refractivity (Wildman–Crippen MR) is 150 cm³/mol. The second-order valence-electron chi connectivity index (χ2n) is 9.04. The highest BCUT2D eigenvalue weighted by Crippen LogP contribution is 2.28. The van der Waals surface area contributed by atoms with Crippen LogP contribution in [0, 0.1) is 0 Å². The lowest BCUT2D eigenvalue weighted by Gasteiger charge is -2.27. The maximum atomic E-state index is 13.0. The number of carbonyl (C=O) groups is 2. The largest absolute Gasteiger partial charge is 0.439 e. The van der Waals surface area contributed by atoms with E-state index in [4.69, 9.17) is 27.9 Å². The zero-order valence-electron chi connectivity index (χ0n) is 20.8. The quantitative estimate of drug-likeness (QED) is 0.310. The monoisotopic (exact) mass is 551 g/mol. The number of halogens is 2. The standard InChI is InChI=1S/C28H27Cl2N5O3/c1-34-24-14-23(6-4-18(24)13-25(34)28(37)35-10-8-31-9-11-35)38-26-7-5-22(17-32-26)33-27(36)19-2-3-20(15-29)21(12-19)16-30/h2-7,12-14,17,31H,8-11,15-16H2,1H3,(H,33,36). The third kappa shape index (κ3) is 5.48. The molecule has 0 bridgehead atoms. The Kier molecular flexibility index (Phi) is 7.83. The Hall–Kier alpha value is -3.59. The van der Waals surface area contributed by atoms with Gasteiger partial charge in [0.2, 0.25) is 5.88 Å². The first-order valence-corrected chi connectivity index (χ1v) is 13.3. The fourth-order valence-electron chi connectivity index (χ4n) is 4.47. The molecule has 0 unspecified atom stereocenters. The first kappa shape index (κ1) is 26.0. The van der Waals surface area contributed by atoms with E-state index < -0.39 is 0 Å². The van der Waals surface area contributed by atoms with Crippen LogP contribution in [0.2, 0.25) is 0 Å². The predicted octanol–water partition coefficient (Wildman–Crippen LogP) is 5.14. The molecule has 10 heteroatoms. The number of pyridine rings is 1. The van der Waals surface area contributed by atoms with Crippen LogP contribution in [0.5, 0.6) is 11.6 Å². The molecular weight excluding hydrogens is 525 g/mol. The Balaban J connectivity index is 1.27. The Morgan fingerprint density at radius 3 is 2.50 bits per heavy atom. The Morgan fingerprint density at radius 1 is 1.00 bits per heavy atom. The van der Waals surface area contributed by atoms with Crippen molar-refractivity contribution in [1.29, 1.82) is 0 Å². The van der Waals surface area contributed by atoms with Gasteiger partial charge in [0.15, 0.2) is 0 Å². The lowest BCUT2D eigenvalue weighted by molar-refractivity contribution is 0.0726. The number of piperazine rings is 1. The van der Waals surface area contributed by atoms with Crippen molar-refractivity contribution in [2.45, 2.75) is 11.8 Å². The van der Waals surface area contributed by atoms with Gasteiger partial charge in [-0.15, -0.1) is 23.2 Å². The van der Waals surface area contributed by atoms with Crippen molar-refractivity contribution >= 4 is 51.6 Å². The van der Waals surface area contributed by atoms with Crippen LogP contribution in [-0.4, -0.2) is 52.4 Å². The highest BCUT2D eigenvalue weighted by molar-refractivity contribution is 6.19. The Labute approximate surface area is 230 Å². The molecule has 2 amide bonds. The molecule has 0 saturated carbocycles. The van der Waals surface area contributed by atoms with Crippen LogP contribution in [0.4, 0.5) is 5.69 Å². The highest BCUT2D eigenvalue weighted by atomic mass is 35.5. The number of rotatable bonds is 7. The van der Waals surface area contributed by atoms with Crippen LogP contribution in [0.1, 0.15) is 32.0 Å². The SMILES string of the molecule is Cn1c(C(=O)N2CCNCC2)cc2ccc(Oc3ccc(NC(=O)c4ccc(CCl)c(CCl)c4)cn3)cc21. The minimum Gasteiger partial charge on any atom is -0.439 e. The molecule has 38 heavy (non-hydrogen) atoms. The molecule has 0 spiro atoms. The van der Waals surface area contributed by atoms with Crippen molar-refractivity contribution in [2.24, 2.45) is 7.05 Å². The number of ether oxygens (including phenoxy) is 1. The molecule has 3 heterocycles. The summed E-state index contributed by atoms with van der Waals surface area (Å²) in [6.07, 6.45) is 1.54. The maximum absolute atomic E-state index is 13.0. The van der Waals surface area contributed by atoms with Gasteiger partial charge in [0.25, 0.3) is 11.8 Å². The lowest BCUT2D eigenvalue weighted by Crippen LogP contribution is -2.46. The molecule has 4 aromatic rings. The molecule has 0 aliphatic carbocycles. The minimum absolute atomic E-state index is 0.0286. The van der Waals surface area contributed by atoms with E-state index in [1.165, 1.54) is 6.20 Å². The van der Waals surface area contributed by atoms with Gasteiger partial charge in [-0.25, -0.2) is 4.98 Å². The zero-order chi connectivity index (χ0) is 26.6. The summed E-state index contributed by atoms with van der Waals surface area (Å²) in [4.78, 5) is 31.9. The Morgan fingerprint density at radius 2 is 1.79 bits per heavy atom. The molecule has 1 saturated heterocycles. The molecule has 1 aliphatic rings. The van der Waals surface area contributed by atoms with Gasteiger partial charge >= 0.3 is 0 Å². The fraction of sp³-hybridized carbons (Fsp3) is 0.250. The van der Waals surface area contributed by atoms with Crippen LogP contribution in [0.25, 0.3) is 10.9 Å². The molecule has 196 valence electrons. The molecular formula is C28H27Cl2N5O3. The number of anilines is 1. The van der Waals surface area contributed by atoms with Crippen molar-refractivity contribution in [3.05, 3.63) is 83.2 Å². The molecule has 2 aromatic carbocycles. The summed E-state index contributed by atoms with van der Waals surface area (Å²) in [5.41, 5.74) is 4.28. The maximum Gasteiger partial charge on any atom is 0.270 e. The van der Waals surface area contributed by atoms with E-state index in [-0.39, 0.29) is 17.7 Å². The number of alkyl halides is 2. The normalized spacial score (nSPS) is 13.5. The number of hydrogen-bond acceptors (Lipinski definition) is 5. The summed E-state index contributed by atoms with van der Waals surface area (Å²) in [5.74, 6) is 1.34. The number of nitrogens with zero attached hydrogens (tertiary/aromatic N) is 3. The summed E-state index contributed by atoms with van der Waals surface area (Å²) in [6.45, 7) is 3.01. The molecule has 2 N–H and O–H groups in total. The first-order valence-electron chi connectivity index (χ1n) is 12.3. The van der Waals surface area contributed by atoms with Crippen LogP contribution < -0.4 is 15.4 Å². The summed E-state index contributed by atoms with van der Waals surface area (Å²) in [7, 11) is 1.89. The third-order valence-electron chi connectivity index (χ3n) is 6.61. The van der Waals surface area contributed by atoms with E-state index in [1.807, 2.05) is 46.8 Å². The topological polar surface area (TPSA) is 88.5 Å². The van der Waals surface area contributed by atoms with Gasteiger partial charge in [0.1, 0.15) is 11.4 Å². The molecule has 1 fully saturated rings. The van der Waals surface area contributed by atoms with Crippen molar-refractivity contribution in [3.8, 4) is 11.6 Å². The average molecular weight is 552 g/mol. The smallest absolute Gasteiger partial charge is 0.270 e. The van der Waals surface area contributed by atoms with Gasteiger partial charge in [0.05, 0.1) is 17.4 Å². The number of aromatic nitrogens is 2. The number of carbonyl (C=O) groups excluding carboxylic acids is 2. The summed E-state index contributed by atoms with van der Waals surface area (Å²) < 4.78 is 7.86. The average Bonchev–Trinajstić information content (AvgIpc) is 3.29. The second kappa shape index (κ2) is 11.4. The number of fused-ring (bicyclic) bond motifs is 1. The minimum atomic E-state index is -0.270. The second-order valence-corrected chi connectivity index (χ2v) is 9.58. The van der Waals surface area contributed by atoms with Crippen molar-refractivity contribution in [3.63, 3.8) is 0 Å². The van der Waals surface area contributed by atoms with Crippen LogP contribution in [0.15, 0.2) is 60.8 Å². The van der Waals surface area contributed by atoms with Crippen LogP contribution >= 0.6 is 23.2 Å². The Bertz CT molecular complexity index is 1480. The van der Waals surface area contributed by atoms with Gasteiger partial charge in [0, 0.05) is 68.1 Å². The van der Waals surface area contributed by atoms with E-state index in [0.29, 0.717) is 47.5 Å². The zero-order valence-corrected chi connectivity index (χ0v) is 22.4. The van der Waals surface area contributed by atoms with Crippen LogP contribution in [0.3, 0.4) is 0 Å². The third-order valence-corrected chi connectivity index (χ3v) is 7.19. The van der Waals surface area contributed by atoms with Gasteiger partial charge in [-0.05, 0) is 47.5 Å². The van der Waals surface area contributed by atoms with Crippen molar-refractivity contribution in [1.82, 2.24) is 19.8 Å². The van der Waals surface area contributed by atoms with Gasteiger partial charge in [-0.2, -0.15) is 0 Å². The van der Waals surface area contributed by atoms with Gasteiger partial charge in [-0.3, -0.25) is 9.59 Å². The number of benzene rings is 2. The van der Waals surface area contributed by atoms with Gasteiger partial charge < -0.3 is 24.8 Å². The molecule has 5 rings (SSSR count). The fourth-order valence-corrected chi connectivity index (χ4v) is 4.98. The summed E-state index contributed by atoms with van der Waals surface area (Å²) in [6, 6.07) is 16.3. The molecule has 0 radical (unpaired) electrons. The number of aryl methyl sites for hydroxylation is 1. The molecule has 8 nitrogen and oxygen atoms in total. The van der Waals surface area contributed by atoms with Crippen LogP contribution in [-0.2, 0) is 18.8 Å².